The molecule has 12 heteroatoms. The van der Waals surface area contributed by atoms with E-state index in [1.54, 1.807) is 5.32 Å². The first-order chi connectivity index (χ1) is 15.2. The number of hydrogen-bond donors (Lipinski definition) is 1. The molecule has 0 aliphatic rings. The average Bonchev–Trinajstić information content (AvgIpc) is 3.16. The Balaban J connectivity index is 1.91. The second-order valence-corrected chi connectivity index (χ2v) is 7.09. The highest BCUT2D eigenvalue weighted by Gasteiger charge is 2.43. The standard InChI is InChI=1S/C21H15F8N3O/c1-32-10-13(9-31-32)12-6-7-16(17(8-12)21(27,28)29)19(22,23)11-30-18(33)14-4-2-3-5-15(14)20(24,25)26/h2-10H,11H2,1H3,(H,30,33). The number of carbonyl (C=O) groups is 1. The van der Waals surface area contributed by atoms with Crippen LogP contribution in [0.25, 0.3) is 11.1 Å². The van der Waals surface area contributed by atoms with Crippen molar-refractivity contribution in [2.45, 2.75) is 18.3 Å². The van der Waals surface area contributed by atoms with Crippen LogP contribution in [-0.4, -0.2) is 22.2 Å². The summed E-state index contributed by atoms with van der Waals surface area (Å²) in [4.78, 5) is 12.1. The first-order valence-corrected chi connectivity index (χ1v) is 9.23. The maximum atomic E-state index is 14.7. The van der Waals surface area contributed by atoms with E-state index in [2.05, 4.69) is 5.10 Å². The third-order valence-corrected chi connectivity index (χ3v) is 4.71. The Morgan fingerprint density at radius 1 is 0.879 bits per heavy atom. The zero-order chi connectivity index (χ0) is 24.6. The molecule has 0 fully saturated rings. The summed E-state index contributed by atoms with van der Waals surface area (Å²) in [7, 11) is 1.52. The number of halogens is 8. The van der Waals surface area contributed by atoms with Crippen LogP contribution in [0.3, 0.4) is 0 Å². The van der Waals surface area contributed by atoms with Crippen molar-refractivity contribution >= 4 is 5.91 Å². The van der Waals surface area contributed by atoms with Crippen LogP contribution in [0.4, 0.5) is 35.1 Å². The summed E-state index contributed by atoms with van der Waals surface area (Å²) >= 11 is 0. The van der Waals surface area contributed by atoms with Gasteiger partial charge in [-0.1, -0.05) is 24.3 Å². The number of hydrogen-bond acceptors (Lipinski definition) is 2. The zero-order valence-corrected chi connectivity index (χ0v) is 16.7. The molecule has 176 valence electrons. The predicted molar refractivity (Wildman–Crippen MR) is 101 cm³/mol. The lowest BCUT2D eigenvalue weighted by atomic mass is 9.96. The van der Waals surface area contributed by atoms with E-state index in [-0.39, 0.29) is 11.1 Å². The summed E-state index contributed by atoms with van der Waals surface area (Å²) in [6.45, 7) is -1.65. The average molecular weight is 477 g/mol. The number of aromatic nitrogens is 2. The maximum absolute atomic E-state index is 14.7. The van der Waals surface area contributed by atoms with Gasteiger partial charge in [0.05, 0.1) is 29.4 Å². The van der Waals surface area contributed by atoms with Crippen LogP contribution in [0.15, 0.2) is 54.9 Å². The molecule has 0 aliphatic carbocycles. The van der Waals surface area contributed by atoms with E-state index in [0.717, 1.165) is 24.3 Å². The minimum absolute atomic E-state index is 0.0156. The number of rotatable bonds is 5. The number of nitrogens with zero attached hydrogens (tertiary/aromatic N) is 2. The van der Waals surface area contributed by atoms with Crippen molar-refractivity contribution in [1.82, 2.24) is 15.1 Å². The van der Waals surface area contributed by atoms with E-state index in [1.165, 1.54) is 24.1 Å². The number of amides is 1. The maximum Gasteiger partial charge on any atom is 0.417 e. The highest BCUT2D eigenvalue weighted by molar-refractivity contribution is 5.95. The van der Waals surface area contributed by atoms with Crippen LogP contribution in [-0.2, 0) is 25.3 Å². The van der Waals surface area contributed by atoms with Gasteiger partial charge in [0.2, 0.25) is 0 Å². The number of nitrogens with one attached hydrogen (secondary N) is 1. The minimum atomic E-state index is -5.16. The molecule has 0 spiro atoms. The van der Waals surface area contributed by atoms with E-state index >= 15 is 0 Å². The molecule has 0 bridgehead atoms. The highest BCUT2D eigenvalue weighted by atomic mass is 19.4. The molecule has 1 N–H and O–H groups in total. The fraction of sp³-hybridized carbons (Fsp3) is 0.238. The Bertz CT molecular complexity index is 1160. The summed E-state index contributed by atoms with van der Waals surface area (Å²) < 4.78 is 111. The topological polar surface area (TPSA) is 46.9 Å². The Morgan fingerprint density at radius 2 is 1.52 bits per heavy atom. The predicted octanol–water partition coefficient (Wildman–Crippen LogP) is 5.65. The summed E-state index contributed by atoms with van der Waals surface area (Å²) in [5.41, 5.74) is -5.11. The third-order valence-electron chi connectivity index (χ3n) is 4.71. The van der Waals surface area contributed by atoms with Crippen molar-refractivity contribution in [2.24, 2.45) is 7.05 Å². The Kier molecular flexibility index (Phi) is 6.22. The van der Waals surface area contributed by atoms with Crippen molar-refractivity contribution < 1.29 is 39.9 Å². The van der Waals surface area contributed by atoms with Crippen LogP contribution in [0.1, 0.15) is 27.0 Å². The Labute approximate surface area is 181 Å². The molecule has 3 rings (SSSR count). The number of aryl methyl sites for hydroxylation is 1. The second kappa shape index (κ2) is 8.49. The SMILES string of the molecule is Cn1cc(-c2ccc(C(F)(F)CNC(=O)c3ccccc3C(F)(F)F)c(C(F)(F)F)c2)cn1. The van der Waals surface area contributed by atoms with Crippen LogP contribution in [0.5, 0.6) is 0 Å². The fourth-order valence-electron chi connectivity index (χ4n) is 3.16. The molecule has 0 unspecified atom stereocenters. The minimum Gasteiger partial charge on any atom is -0.346 e. The molecule has 0 saturated carbocycles. The molecule has 0 radical (unpaired) electrons. The zero-order valence-electron chi connectivity index (χ0n) is 16.7. The Hall–Kier alpha value is -3.44. The molecule has 33 heavy (non-hydrogen) atoms. The normalized spacial score (nSPS) is 12.6. The molecule has 2 aromatic carbocycles. The smallest absolute Gasteiger partial charge is 0.346 e. The lowest BCUT2D eigenvalue weighted by Crippen LogP contribution is -2.37. The van der Waals surface area contributed by atoms with Gasteiger partial charge in [-0.2, -0.15) is 40.2 Å². The van der Waals surface area contributed by atoms with E-state index in [9.17, 15) is 39.9 Å². The molecular formula is C21H15F8N3O. The van der Waals surface area contributed by atoms with Gasteiger partial charge in [0, 0.05) is 24.4 Å². The summed E-state index contributed by atoms with van der Waals surface area (Å²) in [5, 5.41) is 5.43. The van der Waals surface area contributed by atoms with Crippen LogP contribution >= 0.6 is 0 Å². The van der Waals surface area contributed by atoms with E-state index in [0.29, 0.717) is 18.2 Å². The lowest BCUT2D eigenvalue weighted by molar-refractivity contribution is -0.142. The van der Waals surface area contributed by atoms with Gasteiger partial charge in [-0.3, -0.25) is 9.48 Å². The Morgan fingerprint density at radius 3 is 2.09 bits per heavy atom. The van der Waals surface area contributed by atoms with Gasteiger partial charge in [-0.05, 0) is 23.8 Å². The molecular weight excluding hydrogens is 462 g/mol. The fourth-order valence-corrected chi connectivity index (χ4v) is 3.16. The molecule has 4 nitrogen and oxygen atoms in total. The van der Waals surface area contributed by atoms with Gasteiger partial charge in [-0.25, -0.2) is 0 Å². The largest absolute Gasteiger partial charge is 0.417 e. The van der Waals surface area contributed by atoms with Gasteiger partial charge in [0.25, 0.3) is 11.8 Å². The summed E-state index contributed by atoms with van der Waals surface area (Å²) in [6.07, 6.45) is -7.44. The van der Waals surface area contributed by atoms with Gasteiger partial charge in [-0.15, -0.1) is 0 Å². The molecule has 1 heterocycles. The van der Waals surface area contributed by atoms with Gasteiger partial charge < -0.3 is 5.32 Å². The highest BCUT2D eigenvalue weighted by Crippen LogP contribution is 2.41. The van der Waals surface area contributed by atoms with Crippen molar-refractivity contribution in [1.29, 1.82) is 0 Å². The summed E-state index contributed by atoms with van der Waals surface area (Å²) in [6, 6.07) is 5.61. The van der Waals surface area contributed by atoms with Gasteiger partial charge in [0.1, 0.15) is 0 Å². The van der Waals surface area contributed by atoms with Crippen LogP contribution in [0.2, 0.25) is 0 Å². The molecule has 0 saturated heterocycles. The molecule has 1 aromatic heterocycles. The van der Waals surface area contributed by atoms with Crippen molar-refractivity contribution in [2.75, 3.05) is 6.54 Å². The number of benzene rings is 2. The molecule has 1 amide bonds. The van der Waals surface area contributed by atoms with Crippen LogP contribution in [0, 0.1) is 0 Å². The monoisotopic (exact) mass is 477 g/mol. The molecule has 3 aromatic rings. The molecule has 0 atom stereocenters. The van der Waals surface area contributed by atoms with Gasteiger partial charge in [0.15, 0.2) is 0 Å². The summed E-state index contributed by atoms with van der Waals surface area (Å²) in [5.74, 6) is -5.73. The van der Waals surface area contributed by atoms with Gasteiger partial charge >= 0.3 is 12.4 Å². The van der Waals surface area contributed by atoms with Crippen molar-refractivity contribution in [3.05, 3.63) is 77.1 Å². The van der Waals surface area contributed by atoms with E-state index in [4.69, 9.17) is 0 Å². The lowest BCUT2D eigenvalue weighted by Gasteiger charge is -2.23. The first kappa shape index (κ1) is 24.2. The third kappa shape index (κ3) is 5.32. The number of alkyl halides is 8. The van der Waals surface area contributed by atoms with Crippen LogP contribution < -0.4 is 5.32 Å². The first-order valence-electron chi connectivity index (χ1n) is 9.23. The van der Waals surface area contributed by atoms with E-state index < -0.39 is 53.0 Å². The van der Waals surface area contributed by atoms with Crippen molar-refractivity contribution in [3.8, 4) is 11.1 Å². The van der Waals surface area contributed by atoms with Crippen molar-refractivity contribution in [3.63, 3.8) is 0 Å². The second-order valence-electron chi connectivity index (χ2n) is 7.09. The number of carbonyl (C=O) groups excluding carboxylic acids is 1. The quantitative estimate of drug-likeness (QED) is 0.483. The molecule has 0 aliphatic heterocycles. The van der Waals surface area contributed by atoms with E-state index in [1.807, 2.05) is 0 Å².